The average Bonchev–Trinajstić information content (AvgIpc) is 3.21. The van der Waals surface area contributed by atoms with Crippen LogP contribution >= 0.6 is 15.9 Å². The number of hydrogen-bond donors (Lipinski definition) is 1. The van der Waals surface area contributed by atoms with Gasteiger partial charge >= 0.3 is 0 Å². The van der Waals surface area contributed by atoms with Crippen LogP contribution in [0.4, 0.5) is 0 Å². The number of rotatable bonds is 3. The number of carbonyl (C=O) groups is 1. The Morgan fingerprint density at radius 3 is 2.89 bits per heavy atom. The lowest BCUT2D eigenvalue weighted by atomic mass is 9.99. The van der Waals surface area contributed by atoms with Gasteiger partial charge in [-0.2, -0.15) is 0 Å². The van der Waals surface area contributed by atoms with Crippen molar-refractivity contribution in [1.29, 1.82) is 0 Å². The molecule has 1 atom stereocenters. The maximum Gasteiger partial charge on any atom is 0.270 e. The van der Waals surface area contributed by atoms with E-state index in [4.69, 9.17) is 0 Å². The largest absolute Gasteiger partial charge is 0.396 e. The van der Waals surface area contributed by atoms with E-state index in [9.17, 15) is 9.90 Å². The summed E-state index contributed by atoms with van der Waals surface area (Å²) in [6.45, 7) is 1.67. The fourth-order valence-electron chi connectivity index (χ4n) is 2.83. The fourth-order valence-corrected chi connectivity index (χ4v) is 3.27. The van der Waals surface area contributed by atoms with Gasteiger partial charge in [-0.15, -0.1) is 0 Å². The maximum absolute atomic E-state index is 12.6. The molecular formula is C14H19BrN2O2. The summed E-state index contributed by atoms with van der Waals surface area (Å²) in [6, 6.07) is 2.42. The number of nitrogens with zero attached hydrogens (tertiary/aromatic N) is 2. The highest BCUT2D eigenvalue weighted by molar-refractivity contribution is 9.10. The van der Waals surface area contributed by atoms with Crippen molar-refractivity contribution in [2.75, 3.05) is 19.7 Å². The van der Waals surface area contributed by atoms with Gasteiger partial charge in [0.25, 0.3) is 5.91 Å². The summed E-state index contributed by atoms with van der Waals surface area (Å²) in [5, 5.41) is 9.27. The number of carbonyl (C=O) groups excluding carboxylic acids is 1. The summed E-state index contributed by atoms with van der Waals surface area (Å²) in [5.41, 5.74) is 0.785. The van der Waals surface area contributed by atoms with Crippen LogP contribution in [0.1, 0.15) is 42.2 Å². The summed E-state index contributed by atoms with van der Waals surface area (Å²) in [6.07, 6.45) is 6.36. The van der Waals surface area contributed by atoms with E-state index >= 15 is 0 Å². The van der Waals surface area contributed by atoms with Gasteiger partial charge in [0.1, 0.15) is 5.69 Å². The van der Waals surface area contributed by atoms with E-state index in [1.807, 2.05) is 17.2 Å². The minimum atomic E-state index is 0.107. The van der Waals surface area contributed by atoms with Gasteiger partial charge < -0.3 is 14.6 Å². The Balaban J connectivity index is 1.79. The number of aliphatic hydroxyl groups excluding tert-OH is 1. The lowest BCUT2D eigenvalue weighted by Gasteiger charge is -2.32. The molecule has 0 bridgehead atoms. The number of piperidine rings is 1. The molecule has 1 aliphatic carbocycles. The van der Waals surface area contributed by atoms with Crippen LogP contribution in [0.15, 0.2) is 16.7 Å². The van der Waals surface area contributed by atoms with Crippen LogP contribution in [0, 0.1) is 5.92 Å². The van der Waals surface area contributed by atoms with Gasteiger partial charge in [-0.1, -0.05) is 0 Å². The lowest BCUT2D eigenvalue weighted by Crippen LogP contribution is -2.41. The SMILES string of the molecule is O=C(c1cc(Br)cn1C1CC1)N1CCCC(CO)C1. The van der Waals surface area contributed by atoms with E-state index in [-0.39, 0.29) is 18.4 Å². The second-order valence-corrected chi connectivity index (χ2v) is 6.54. The first kappa shape index (κ1) is 13.2. The molecule has 19 heavy (non-hydrogen) atoms. The minimum absolute atomic E-state index is 0.107. The predicted octanol–water partition coefficient (Wildman–Crippen LogP) is 2.43. The third-order valence-corrected chi connectivity index (χ3v) is 4.47. The monoisotopic (exact) mass is 326 g/mol. The molecule has 1 aromatic heterocycles. The smallest absolute Gasteiger partial charge is 0.270 e. The van der Waals surface area contributed by atoms with E-state index < -0.39 is 0 Å². The number of amides is 1. The summed E-state index contributed by atoms with van der Waals surface area (Å²) in [4.78, 5) is 14.5. The van der Waals surface area contributed by atoms with Crippen molar-refractivity contribution in [2.45, 2.75) is 31.7 Å². The van der Waals surface area contributed by atoms with Crippen LogP contribution < -0.4 is 0 Å². The zero-order valence-electron chi connectivity index (χ0n) is 10.9. The molecule has 1 aliphatic heterocycles. The predicted molar refractivity (Wildman–Crippen MR) is 76.1 cm³/mol. The number of likely N-dealkylation sites (tertiary alicyclic amines) is 1. The normalized spacial score (nSPS) is 23.7. The van der Waals surface area contributed by atoms with E-state index in [0.717, 1.165) is 29.6 Å². The van der Waals surface area contributed by atoms with Gasteiger partial charge in [0.15, 0.2) is 0 Å². The van der Waals surface area contributed by atoms with Crippen molar-refractivity contribution in [1.82, 2.24) is 9.47 Å². The van der Waals surface area contributed by atoms with Gasteiger partial charge in [-0.05, 0) is 53.6 Å². The third kappa shape index (κ3) is 2.72. The van der Waals surface area contributed by atoms with Crippen molar-refractivity contribution in [3.8, 4) is 0 Å². The number of aliphatic hydroxyl groups is 1. The van der Waals surface area contributed by atoms with Crippen molar-refractivity contribution >= 4 is 21.8 Å². The summed E-state index contributed by atoms with van der Waals surface area (Å²) >= 11 is 3.47. The molecule has 2 aliphatic rings. The lowest BCUT2D eigenvalue weighted by molar-refractivity contribution is 0.0610. The Morgan fingerprint density at radius 2 is 2.21 bits per heavy atom. The van der Waals surface area contributed by atoms with Gasteiger partial charge in [0, 0.05) is 36.4 Å². The van der Waals surface area contributed by atoms with E-state index in [0.29, 0.717) is 12.6 Å². The zero-order chi connectivity index (χ0) is 13.4. The Hall–Kier alpha value is -0.810. The Kier molecular flexibility index (Phi) is 3.67. The molecule has 104 valence electrons. The quantitative estimate of drug-likeness (QED) is 0.927. The highest BCUT2D eigenvalue weighted by atomic mass is 79.9. The molecule has 0 radical (unpaired) electrons. The Labute approximate surface area is 121 Å². The second kappa shape index (κ2) is 5.29. The zero-order valence-corrected chi connectivity index (χ0v) is 12.5. The van der Waals surface area contributed by atoms with Crippen molar-refractivity contribution < 1.29 is 9.90 Å². The van der Waals surface area contributed by atoms with Crippen LogP contribution in [0.5, 0.6) is 0 Å². The number of hydrogen-bond acceptors (Lipinski definition) is 2. The van der Waals surface area contributed by atoms with E-state index in [2.05, 4.69) is 20.5 Å². The van der Waals surface area contributed by atoms with Crippen LogP contribution in [0.3, 0.4) is 0 Å². The Morgan fingerprint density at radius 1 is 1.42 bits per heavy atom. The van der Waals surface area contributed by atoms with Gasteiger partial charge in [-0.3, -0.25) is 4.79 Å². The first-order valence-electron chi connectivity index (χ1n) is 6.96. The van der Waals surface area contributed by atoms with Crippen LogP contribution in [-0.2, 0) is 0 Å². The standard InChI is InChI=1S/C14H19BrN2O2/c15-11-6-13(17(8-11)12-3-4-12)14(19)16-5-1-2-10(7-16)9-18/h6,8,10,12,18H,1-5,7,9H2. The fraction of sp³-hybridized carbons (Fsp3) is 0.643. The molecule has 1 saturated heterocycles. The topological polar surface area (TPSA) is 45.5 Å². The molecule has 1 amide bonds. The molecule has 1 N–H and O–H groups in total. The summed E-state index contributed by atoms with van der Waals surface area (Å²) in [5.74, 6) is 0.348. The molecule has 3 rings (SSSR count). The van der Waals surface area contributed by atoms with Gasteiger partial charge in [-0.25, -0.2) is 0 Å². The highest BCUT2D eigenvalue weighted by Crippen LogP contribution is 2.38. The van der Waals surface area contributed by atoms with Crippen LogP contribution in [0.2, 0.25) is 0 Å². The highest BCUT2D eigenvalue weighted by Gasteiger charge is 2.31. The molecular weight excluding hydrogens is 308 g/mol. The molecule has 2 heterocycles. The molecule has 0 aromatic carbocycles. The van der Waals surface area contributed by atoms with Gasteiger partial charge in [0.2, 0.25) is 0 Å². The number of halogens is 1. The first-order valence-corrected chi connectivity index (χ1v) is 7.76. The second-order valence-electron chi connectivity index (χ2n) is 5.62. The van der Waals surface area contributed by atoms with E-state index in [1.54, 1.807) is 0 Å². The molecule has 1 saturated carbocycles. The molecule has 5 heteroatoms. The van der Waals surface area contributed by atoms with Gasteiger partial charge in [0.05, 0.1) is 0 Å². The molecule has 0 spiro atoms. The minimum Gasteiger partial charge on any atom is -0.396 e. The first-order chi connectivity index (χ1) is 9.19. The molecule has 4 nitrogen and oxygen atoms in total. The van der Waals surface area contributed by atoms with Crippen molar-refractivity contribution in [2.24, 2.45) is 5.92 Å². The van der Waals surface area contributed by atoms with E-state index in [1.165, 1.54) is 12.8 Å². The number of aromatic nitrogens is 1. The van der Waals surface area contributed by atoms with Crippen molar-refractivity contribution in [3.63, 3.8) is 0 Å². The summed E-state index contributed by atoms with van der Waals surface area (Å²) in [7, 11) is 0. The summed E-state index contributed by atoms with van der Waals surface area (Å²) < 4.78 is 3.08. The Bertz CT molecular complexity index is 482. The van der Waals surface area contributed by atoms with Crippen molar-refractivity contribution in [3.05, 3.63) is 22.4 Å². The maximum atomic E-state index is 12.6. The van der Waals surface area contributed by atoms with Crippen LogP contribution in [-0.4, -0.2) is 40.2 Å². The third-order valence-electron chi connectivity index (χ3n) is 4.04. The van der Waals surface area contributed by atoms with Crippen LogP contribution in [0.25, 0.3) is 0 Å². The molecule has 2 fully saturated rings. The average molecular weight is 327 g/mol. The molecule has 1 aromatic rings. The molecule has 1 unspecified atom stereocenters.